The van der Waals surface area contributed by atoms with E-state index in [1.165, 1.54) is 12.8 Å². The molecule has 1 saturated carbocycles. The van der Waals surface area contributed by atoms with Crippen molar-refractivity contribution in [2.45, 2.75) is 50.5 Å². The smallest absolute Gasteiger partial charge is 0.122 e. The van der Waals surface area contributed by atoms with Crippen molar-refractivity contribution in [3.05, 3.63) is 0 Å². The molecule has 1 fully saturated rings. The van der Waals surface area contributed by atoms with E-state index in [0.717, 1.165) is 32.0 Å². The Balaban J connectivity index is 2.44. The number of hydrogen-bond acceptors (Lipinski definition) is 2. The summed E-state index contributed by atoms with van der Waals surface area (Å²) in [4.78, 5) is 10.2. The van der Waals surface area contributed by atoms with Crippen molar-refractivity contribution in [1.29, 1.82) is 0 Å². The average molecular weight is 156 g/mol. The van der Waals surface area contributed by atoms with Gasteiger partial charge < -0.3 is 9.90 Å². The van der Waals surface area contributed by atoms with Crippen LogP contribution in [0.5, 0.6) is 0 Å². The van der Waals surface area contributed by atoms with Crippen LogP contribution in [-0.4, -0.2) is 17.0 Å². The van der Waals surface area contributed by atoms with Gasteiger partial charge in [-0.2, -0.15) is 0 Å². The summed E-state index contributed by atoms with van der Waals surface area (Å²) in [7, 11) is 0. The predicted octanol–water partition coefficient (Wildman–Crippen LogP) is 1.66. The normalized spacial score (nSPS) is 24.1. The summed E-state index contributed by atoms with van der Waals surface area (Å²) in [5.41, 5.74) is -0.655. The highest BCUT2D eigenvalue weighted by molar-refractivity contribution is 5.51. The van der Waals surface area contributed by atoms with Gasteiger partial charge in [-0.05, 0) is 12.8 Å². The molecule has 11 heavy (non-hydrogen) atoms. The van der Waals surface area contributed by atoms with Crippen molar-refractivity contribution in [2.24, 2.45) is 0 Å². The fourth-order valence-corrected chi connectivity index (χ4v) is 1.75. The second-order valence-electron chi connectivity index (χ2n) is 3.51. The van der Waals surface area contributed by atoms with Gasteiger partial charge in [0.15, 0.2) is 0 Å². The third-order valence-corrected chi connectivity index (χ3v) is 2.50. The molecule has 0 heterocycles. The molecule has 2 nitrogen and oxygen atoms in total. The summed E-state index contributed by atoms with van der Waals surface area (Å²) in [5.74, 6) is 0. The molecule has 0 aromatic rings. The summed E-state index contributed by atoms with van der Waals surface area (Å²) in [5, 5.41) is 9.82. The number of carbonyl (C=O) groups excluding carboxylic acids is 1. The number of aliphatic hydroxyl groups is 1. The van der Waals surface area contributed by atoms with Crippen molar-refractivity contribution in [3.8, 4) is 0 Å². The van der Waals surface area contributed by atoms with Crippen molar-refractivity contribution in [2.75, 3.05) is 0 Å². The Bertz CT molecular complexity index is 124. The minimum atomic E-state index is -0.655. The fraction of sp³-hybridized carbons (Fsp3) is 0.889. The van der Waals surface area contributed by atoms with Crippen LogP contribution in [0, 0.1) is 0 Å². The van der Waals surface area contributed by atoms with Gasteiger partial charge in [-0.3, -0.25) is 0 Å². The SMILES string of the molecule is O=CCC1(O)CCCCCC1. The van der Waals surface area contributed by atoms with E-state index in [1.54, 1.807) is 0 Å². The average Bonchev–Trinajstić information content (AvgIpc) is 2.15. The van der Waals surface area contributed by atoms with Crippen LogP contribution < -0.4 is 0 Å². The third kappa shape index (κ3) is 2.62. The molecular formula is C9H16O2. The Morgan fingerprint density at radius 3 is 2.18 bits per heavy atom. The first-order chi connectivity index (χ1) is 5.27. The second kappa shape index (κ2) is 3.86. The van der Waals surface area contributed by atoms with Crippen LogP contribution in [0.3, 0.4) is 0 Å². The molecule has 0 aromatic carbocycles. The van der Waals surface area contributed by atoms with E-state index >= 15 is 0 Å². The van der Waals surface area contributed by atoms with Crippen molar-refractivity contribution in [3.63, 3.8) is 0 Å². The monoisotopic (exact) mass is 156 g/mol. The molecule has 0 spiro atoms. The zero-order chi connectivity index (χ0) is 8.16. The topological polar surface area (TPSA) is 37.3 Å². The Hall–Kier alpha value is -0.370. The van der Waals surface area contributed by atoms with Crippen LogP contribution in [0.2, 0.25) is 0 Å². The Morgan fingerprint density at radius 2 is 1.73 bits per heavy atom. The molecule has 0 aromatic heterocycles. The lowest BCUT2D eigenvalue weighted by Gasteiger charge is -2.23. The molecule has 2 heteroatoms. The Kier molecular flexibility index (Phi) is 3.06. The summed E-state index contributed by atoms with van der Waals surface area (Å²) in [6.07, 6.45) is 7.35. The van der Waals surface area contributed by atoms with Crippen LogP contribution in [0.1, 0.15) is 44.9 Å². The zero-order valence-electron chi connectivity index (χ0n) is 6.88. The number of hydrogen-bond donors (Lipinski definition) is 1. The van der Waals surface area contributed by atoms with Gasteiger partial charge in [-0.1, -0.05) is 25.7 Å². The summed E-state index contributed by atoms with van der Waals surface area (Å²) in [6, 6.07) is 0. The molecule has 0 amide bonds. The highest BCUT2D eigenvalue weighted by Crippen LogP contribution is 2.28. The third-order valence-electron chi connectivity index (χ3n) is 2.50. The maximum absolute atomic E-state index is 10.2. The number of rotatable bonds is 2. The molecule has 0 radical (unpaired) electrons. The van der Waals surface area contributed by atoms with E-state index < -0.39 is 5.60 Å². The maximum atomic E-state index is 10.2. The van der Waals surface area contributed by atoms with Gasteiger partial charge in [0.1, 0.15) is 6.29 Å². The van der Waals surface area contributed by atoms with Gasteiger partial charge >= 0.3 is 0 Å². The van der Waals surface area contributed by atoms with Gasteiger partial charge in [0, 0.05) is 6.42 Å². The first kappa shape index (κ1) is 8.72. The summed E-state index contributed by atoms with van der Waals surface area (Å²) in [6.45, 7) is 0. The van der Waals surface area contributed by atoms with Gasteiger partial charge in [0.25, 0.3) is 0 Å². The number of carbonyl (C=O) groups is 1. The van der Waals surface area contributed by atoms with Gasteiger partial charge in [0.2, 0.25) is 0 Å². The highest BCUT2D eigenvalue weighted by Gasteiger charge is 2.26. The first-order valence-corrected chi connectivity index (χ1v) is 4.43. The highest BCUT2D eigenvalue weighted by atomic mass is 16.3. The second-order valence-corrected chi connectivity index (χ2v) is 3.51. The maximum Gasteiger partial charge on any atom is 0.122 e. The first-order valence-electron chi connectivity index (χ1n) is 4.43. The molecular weight excluding hydrogens is 140 g/mol. The van der Waals surface area contributed by atoms with E-state index in [-0.39, 0.29) is 0 Å². The molecule has 0 bridgehead atoms. The van der Waals surface area contributed by atoms with Crippen LogP contribution in [0.15, 0.2) is 0 Å². The van der Waals surface area contributed by atoms with E-state index in [9.17, 15) is 9.90 Å². The van der Waals surface area contributed by atoms with Gasteiger partial charge in [0.05, 0.1) is 5.60 Å². The largest absolute Gasteiger partial charge is 0.389 e. The minimum Gasteiger partial charge on any atom is -0.389 e. The zero-order valence-corrected chi connectivity index (χ0v) is 6.88. The minimum absolute atomic E-state index is 0.326. The van der Waals surface area contributed by atoms with Crippen LogP contribution in [0.4, 0.5) is 0 Å². The van der Waals surface area contributed by atoms with Crippen LogP contribution in [-0.2, 0) is 4.79 Å². The molecule has 0 saturated heterocycles. The lowest BCUT2D eigenvalue weighted by Crippen LogP contribution is -2.27. The van der Waals surface area contributed by atoms with Crippen molar-refractivity contribution in [1.82, 2.24) is 0 Å². The van der Waals surface area contributed by atoms with Crippen LogP contribution in [0.25, 0.3) is 0 Å². The Labute approximate surface area is 67.6 Å². The van der Waals surface area contributed by atoms with Crippen LogP contribution >= 0.6 is 0 Å². The molecule has 1 rings (SSSR count). The van der Waals surface area contributed by atoms with E-state index in [4.69, 9.17) is 0 Å². The molecule has 0 unspecified atom stereocenters. The fourth-order valence-electron chi connectivity index (χ4n) is 1.75. The number of aldehydes is 1. The molecule has 0 atom stereocenters. The van der Waals surface area contributed by atoms with Gasteiger partial charge in [-0.15, -0.1) is 0 Å². The molecule has 64 valence electrons. The quantitative estimate of drug-likeness (QED) is 0.487. The predicted molar refractivity (Wildman–Crippen MR) is 43.3 cm³/mol. The summed E-state index contributed by atoms with van der Waals surface area (Å²) >= 11 is 0. The molecule has 1 aliphatic rings. The molecule has 0 aliphatic heterocycles. The van der Waals surface area contributed by atoms with Gasteiger partial charge in [-0.25, -0.2) is 0 Å². The molecule has 1 N–H and O–H groups in total. The lowest BCUT2D eigenvalue weighted by atomic mass is 9.92. The molecule has 1 aliphatic carbocycles. The van der Waals surface area contributed by atoms with E-state index in [1.807, 2.05) is 0 Å². The summed E-state index contributed by atoms with van der Waals surface area (Å²) < 4.78 is 0. The van der Waals surface area contributed by atoms with Crippen molar-refractivity contribution < 1.29 is 9.90 Å². The van der Waals surface area contributed by atoms with E-state index in [2.05, 4.69) is 0 Å². The Morgan fingerprint density at radius 1 is 1.18 bits per heavy atom. The standard InChI is InChI=1S/C9H16O2/c10-8-7-9(11)5-3-1-2-4-6-9/h8,11H,1-7H2. The van der Waals surface area contributed by atoms with E-state index in [0.29, 0.717) is 6.42 Å². The lowest BCUT2D eigenvalue weighted by molar-refractivity contribution is -0.112. The van der Waals surface area contributed by atoms with Crippen molar-refractivity contribution >= 4 is 6.29 Å².